The van der Waals surface area contributed by atoms with Gasteiger partial charge in [-0.05, 0) is 24.3 Å². The third-order valence-corrected chi connectivity index (χ3v) is 2.65. The monoisotopic (exact) mass is 401 g/mol. The molecule has 0 amide bonds. The summed E-state index contributed by atoms with van der Waals surface area (Å²) in [7, 11) is 0. The number of carbonyl (C=O) groups is 1. The van der Waals surface area contributed by atoms with Gasteiger partial charge in [0.1, 0.15) is 0 Å². The van der Waals surface area contributed by atoms with Crippen LogP contribution in [-0.2, 0) is 4.99 Å². The van der Waals surface area contributed by atoms with Crippen LogP contribution >= 0.6 is 47.8 Å². The van der Waals surface area contributed by atoms with Crippen LogP contribution in [0.15, 0.2) is 24.3 Å². The van der Waals surface area contributed by atoms with Crippen LogP contribution in [0, 0.1) is 0 Å². The molecule has 7 heteroatoms. The number of hydrogen-bond donors (Lipinski definition) is 2. The Balaban J connectivity index is 2.85. The summed E-state index contributed by atoms with van der Waals surface area (Å²) in [6.45, 7) is 0. The van der Waals surface area contributed by atoms with E-state index in [1.165, 1.54) is 0 Å². The molecule has 1 aromatic rings. The van der Waals surface area contributed by atoms with Crippen molar-refractivity contribution in [3.05, 3.63) is 29.8 Å². The zero-order valence-electron chi connectivity index (χ0n) is 7.21. The molecule has 1 aromatic carbocycles. The first kappa shape index (κ1) is 13.1. The summed E-state index contributed by atoms with van der Waals surface area (Å²) >= 11 is 9.40. The van der Waals surface area contributed by atoms with Crippen LogP contribution in [0.3, 0.4) is 0 Å². The highest BCUT2D eigenvalue weighted by Crippen LogP contribution is 2.36. The molecule has 0 atom stereocenters. The number of ketones is 1. The minimum absolute atomic E-state index is 0.168. The summed E-state index contributed by atoms with van der Waals surface area (Å²) in [6, 6.07) is 6.40. The molecule has 1 rings (SSSR count). The van der Waals surface area contributed by atoms with Crippen molar-refractivity contribution in [2.75, 3.05) is 5.48 Å². The normalized spacial score (nSPS) is 11.2. The molecule has 0 heterocycles. The largest absolute Gasteiger partial charge is 0.291 e. The highest BCUT2D eigenvalue weighted by molar-refractivity contribution is 9.40. The molecule has 15 heavy (non-hydrogen) atoms. The van der Waals surface area contributed by atoms with Crippen molar-refractivity contribution in [2.24, 2.45) is 0 Å². The van der Waals surface area contributed by atoms with Gasteiger partial charge in [-0.15, -0.1) is 4.99 Å². The van der Waals surface area contributed by atoms with Gasteiger partial charge in [-0.25, -0.2) is 10.7 Å². The Morgan fingerprint density at radius 3 is 2.20 bits per heavy atom. The molecule has 0 unspecified atom stereocenters. The van der Waals surface area contributed by atoms with Gasteiger partial charge < -0.3 is 0 Å². The van der Waals surface area contributed by atoms with E-state index in [-0.39, 0.29) is 5.78 Å². The summed E-state index contributed by atoms with van der Waals surface area (Å²) in [4.78, 5) is 15.4. The fourth-order valence-corrected chi connectivity index (χ4v) is 1.59. The second kappa shape index (κ2) is 5.40. The Kier molecular flexibility index (Phi) is 4.72. The molecule has 0 aliphatic carbocycles. The van der Waals surface area contributed by atoms with E-state index in [4.69, 9.17) is 5.26 Å². The van der Waals surface area contributed by atoms with Crippen LogP contribution in [0.2, 0.25) is 0 Å². The first-order valence-electron chi connectivity index (χ1n) is 3.73. The average molecular weight is 404 g/mol. The molecule has 2 N–H and O–H groups in total. The summed E-state index contributed by atoms with van der Waals surface area (Å²) in [5, 5.41) is 8.13. The van der Waals surface area contributed by atoms with E-state index < -0.39 is 2.14 Å². The van der Waals surface area contributed by atoms with Gasteiger partial charge in [0.15, 0.2) is 2.14 Å². The molecule has 0 saturated carbocycles. The molecule has 0 saturated heterocycles. The molecule has 0 aromatic heterocycles. The highest BCUT2D eigenvalue weighted by Gasteiger charge is 2.29. The average Bonchev–Trinajstić information content (AvgIpc) is 2.17. The number of benzene rings is 1. The summed E-state index contributed by atoms with van der Waals surface area (Å²) in [5.41, 5.74) is 3.27. The maximum absolute atomic E-state index is 11.7. The highest BCUT2D eigenvalue weighted by atomic mass is 80.0. The molecule has 0 radical (unpaired) electrons. The molecule has 82 valence electrons. The van der Waals surface area contributed by atoms with E-state index in [0.717, 1.165) is 0 Å². The summed E-state index contributed by atoms with van der Waals surface area (Å²) in [6.07, 6.45) is 0. The fraction of sp³-hybridized carbons (Fsp3) is 0.125. The van der Waals surface area contributed by atoms with Crippen molar-refractivity contribution in [2.45, 2.75) is 2.14 Å². The second-order valence-corrected chi connectivity index (χ2v) is 9.36. The van der Waals surface area contributed by atoms with Gasteiger partial charge in [0, 0.05) is 5.56 Å². The van der Waals surface area contributed by atoms with Crippen LogP contribution in [-0.4, -0.2) is 13.2 Å². The Morgan fingerprint density at radius 2 is 1.80 bits per heavy atom. The Hall–Kier alpha value is 0.0500. The fourth-order valence-electron chi connectivity index (χ4n) is 0.906. The van der Waals surface area contributed by atoms with Crippen LogP contribution in [0.4, 0.5) is 5.69 Å². The molecular formula is C8H6Br3NO3. The van der Waals surface area contributed by atoms with Gasteiger partial charge in [-0.3, -0.25) is 4.79 Å². The zero-order chi connectivity index (χ0) is 11.5. The van der Waals surface area contributed by atoms with Crippen LogP contribution < -0.4 is 5.48 Å². The standard InChI is InChI=1S/C8H6Br3NO3/c9-8(10,11)7(13)5-1-3-6(4-2-5)12-15-14/h1-4,12,14H. The predicted molar refractivity (Wildman–Crippen MR) is 67.6 cm³/mol. The molecule has 0 aliphatic heterocycles. The third kappa shape index (κ3) is 3.84. The van der Waals surface area contributed by atoms with Crippen LogP contribution in [0.1, 0.15) is 10.4 Å². The molecule has 0 bridgehead atoms. The van der Waals surface area contributed by atoms with E-state index in [0.29, 0.717) is 11.3 Å². The van der Waals surface area contributed by atoms with Crippen molar-refractivity contribution in [3.8, 4) is 0 Å². The lowest BCUT2D eigenvalue weighted by Gasteiger charge is -2.10. The molecule has 0 spiro atoms. The summed E-state index contributed by atoms with van der Waals surface area (Å²) < 4.78 is -0.949. The maximum Gasteiger partial charge on any atom is 0.201 e. The number of rotatable bonds is 3. The SMILES string of the molecule is O=C(c1ccc(NOO)cc1)C(Br)(Br)Br. The number of anilines is 1. The van der Waals surface area contributed by atoms with Crippen LogP contribution in [0.25, 0.3) is 0 Å². The van der Waals surface area contributed by atoms with Gasteiger partial charge in [0.25, 0.3) is 0 Å². The van der Waals surface area contributed by atoms with Crippen molar-refractivity contribution in [3.63, 3.8) is 0 Å². The Morgan fingerprint density at radius 1 is 1.27 bits per heavy atom. The predicted octanol–water partition coefficient (Wildman–Crippen LogP) is 3.52. The van der Waals surface area contributed by atoms with Crippen molar-refractivity contribution in [1.82, 2.24) is 0 Å². The lowest BCUT2D eigenvalue weighted by molar-refractivity contribution is -0.215. The minimum Gasteiger partial charge on any atom is -0.291 e. The zero-order valence-corrected chi connectivity index (χ0v) is 12.0. The second-order valence-electron chi connectivity index (χ2n) is 2.60. The summed E-state index contributed by atoms with van der Waals surface area (Å²) in [5.74, 6) is -0.168. The first-order valence-corrected chi connectivity index (χ1v) is 6.11. The van der Waals surface area contributed by atoms with Gasteiger partial charge in [-0.2, -0.15) is 0 Å². The Labute approximate surface area is 111 Å². The molecule has 4 nitrogen and oxygen atoms in total. The number of nitrogens with one attached hydrogen (secondary N) is 1. The quantitative estimate of drug-likeness (QED) is 0.351. The number of Topliss-reactive ketones (excluding diaryl/α,β-unsaturated/α-hetero) is 1. The van der Waals surface area contributed by atoms with Crippen molar-refractivity contribution < 1.29 is 15.0 Å². The van der Waals surface area contributed by atoms with Gasteiger partial charge in [-0.1, -0.05) is 47.8 Å². The van der Waals surface area contributed by atoms with Crippen LogP contribution in [0.5, 0.6) is 0 Å². The minimum atomic E-state index is -0.949. The number of carbonyl (C=O) groups excluding carboxylic acids is 1. The number of alkyl halides is 3. The lowest BCUT2D eigenvalue weighted by atomic mass is 10.1. The van der Waals surface area contributed by atoms with E-state index in [1.807, 2.05) is 0 Å². The smallest absolute Gasteiger partial charge is 0.201 e. The maximum atomic E-state index is 11.7. The lowest BCUT2D eigenvalue weighted by Crippen LogP contribution is -2.16. The topological polar surface area (TPSA) is 58.6 Å². The van der Waals surface area contributed by atoms with Gasteiger partial charge in [0.2, 0.25) is 5.78 Å². The van der Waals surface area contributed by atoms with E-state index >= 15 is 0 Å². The van der Waals surface area contributed by atoms with Crippen molar-refractivity contribution >= 4 is 59.3 Å². The van der Waals surface area contributed by atoms with Crippen molar-refractivity contribution in [1.29, 1.82) is 0 Å². The Bertz CT molecular complexity index is 347. The van der Waals surface area contributed by atoms with E-state index in [2.05, 4.69) is 58.3 Å². The third-order valence-electron chi connectivity index (χ3n) is 1.57. The molecular weight excluding hydrogens is 398 g/mol. The van der Waals surface area contributed by atoms with Gasteiger partial charge in [0.05, 0.1) is 5.69 Å². The van der Waals surface area contributed by atoms with Gasteiger partial charge >= 0.3 is 0 Å². The van der Waals surface area contributed by atoms with E-state index in [1.54, 1.807) is 24.3 Å². The first-order chi connectivity index (χ1) is 6.95. The van der Waals surface area contributed by atoms with E-state index in [9.17, 15) is 4.79 Å². The number of halogens is 3. The molecule has 0 fully saturated rings. The molecule has 0 aliphatic rings. The number of hydrogen-bond acceptors (Lipinski definition) is 4.